The molecule has 0 radical (unpaired) electrons. The van der Waals surface area contributed by atoms with Crippen molar-refractivity contribution in [3.8, 4) is 6.07 Å². The number of nitrogens with zero attached hydrogens (tertiary/aromatic N) is 2. The van der Waals surface area contributed by atoms with E-state index < -0.39 is 0 Å². The number of benzene rings is 2. The van der Waals surface area contributed by atoms with Gasteiger partial charge in [-0.2, -0.15) is 5.26 Å². The molecule has 0 spiro atoms. The summed E-state index contributed by atoms with van der Waals surface area (Å²) in [5.74, 6) is -0.512. The molecule has 0 saturated carbocycles. The zero-order valence-corrected chi connectivity index (χ0v) is 11.7. The molecule has 2 aromatic carbocycles. The lowest BCUT2D eigenvalue weighted by Crippen LogP contribution is -2.28. The zero-order valence-electron chi connectivity index (χ0n) is 11.7. The summed E-state index contributed by atoms with van der Waals surface area (Å²) in [7, 11) is 1.68. The first-order valence-electron chi connectivity index (χ1n) is 6.56. The minimum absolute atomic E-state index is 0.0411. The van der Waals surface area contributed by atoms with Crippen LogP contribution in [0.4, 0.5) is 4.39 Å². The highest BCUT2D eigenvalue weighted by Crippen LogP contribution is 2.10. The molecule has 106 valence electrons. The Bertz CT molecular complexity index is 674. The first-order chi connectivity index (χ1) is 10.1. The Morgan fingerprint density at radius 1 is 1.19 bits per heavy atom. The average molecular weight is 282 g/mol. The summed E-state index contributed by atoms with van der Waals surface area (Å²) in [4.78, 5) is 13.6. The zero-order chi connectivity index (χ0) is 15.2. The summed E-state index contributed by atoms with van der Waals surface area (Å²) in [5.41, 5.74) is 1.91. The molecule has 0 N–H and O–H groups in total. The van der Waals surface area contributed by atoms with Gasteiger partial charge in [-0.25, -0.2) is 4.39 Å². The lowest BCUT2D eigenvalue weighted by atomic mass is 10.1. The van der Waals surface area contributed by atoms with Gasteiger partial charge in [-0.05, 0) is 29.3 Å². The van der Waals surface area contributed by atoms with E-state index >= 15 is 0 Å². The molecule has 0 heterocycles. The molecule has 21 heavy (non-hydrogen) atoms. The van der Waals surface area contributed by atoms with E-state index in [9.17, 15) is 9.18 Å². The number of rotatable bonds is 4. The standard InChI is InChI=1S/C17H15FN2O/c1-20(12-14-8-6-13(11-19)7-9-14)17(21)10-15-4-2-3-5-16(15)18/h2-9H,10,12H2,1H3. The average Bonchev–Trinajstić information content (AvgIpc) is 2.50. The molecular formula is C17H15FN2O. The van der Waals surface area contributed by atoms with Gasteiger partial charge < -0.3 is 4.90 Å². The summed E-state index contributed by atoms with van der Waals surface area (Å²) in [5, 5.41) is 8.74. The lowest BCUT2D eigenvalue weighted by Gasteiger charge is -2.17. The van der Waals surface area contributed by atoms with Gasteiger partial charge in [-0.3, -0.25) is 4.79 Å². The van der Waals surface area contributed by atoms with Gasteiger partial charge in [0.05, 0.1) is 18.1 Å². The van der Waals surface area contributed by atoms with E-state index in [1.54, 1.807) is 42.3 Å². The number of hydrogen-bond donors (Lipinski definition) is 0. The molecular weight excluding hydrogens is 267 g/mol. The highest BCUT2D eigenvalue weighted by atomic mass is 19.1. The van der Waals surface area contributed by atoms with Gasteiger partial charge in [-0.1, -0.05) is 30.3 Å². The SMILES string of the molecule is CN(Cc1ccc(C#N)cc1)C(=O)Cc1ccccc1F. The molecule has 0 atom stereocenters. The predicted molar refractivity (Wildman–Crippen MR) is 77.7 cm³/mol. The molecule has 2 aromatic rings. The van der Waals surface area contributed by atoms with Crippen molar-refractivity contribution >= 4 is 5.91 Å². The lowest BCUT2D eigenvalue weighted by molar-refractivity contribution is -0.129. The fraction of sp³-hybridized carbons (Fsp3) is 0.176. The van der Waals surface area contributed by atoms with Crippen molar-refractivity contribution in [1.82, 2.24) is 4.90 Å². The Morgan fingerprint density at radius 2 is 1.86 bits per heavy atom. The number of amides is 1. The van der Waals surface area contributed by atoms with E-state index in [1.807, 2.05) is 18.2 Å². The van der Waals surface area contributed by atoms with Crippen molar-refractivity contribution in [2.75, 3.05) is 7.05 Å². The number of likely N-dealkylation sites (N-methyl/N-ethyl adjacent to an activating group) is 1. The van der Waals surface area contributed by atoms with E-state index in [1.165, 1.54) is 6.07 Å². The molecule has 3 nitrogen and oxygen atoms in total. The van der Waals surface area contributed by atoms with Gasteiger partial charge in [0.2, 0.25) is 5.91 Å². The molecule has 0 aliphatic heterocycles. The number of hydrogen-bond acceptors (Lipinski definition) is 2. The van der Waals surface area contributed by atoms with Crippen molar-refractivity contribution in [2.45, 2.75) is 13.0 Å². The van der Waals surface area contributed by atoms with Crippen molar-refractivity contribution in [2.24, 2.45) is 0 Å². The molecule has 0 aromatic heterocycles. The molecule has 0 bridgehead atoms. The van der Waals surface area contributed by atoms with Crippen molar-refractivity contribution in [1.29, 1.82) is 5.26 Å². The van der Waals surface area contributed by atoms with Crippen LogP contribution in [0.1, 0.15) is 16.7 Å². The van der Waals surface area contributed by atoms with Gasteiger partial charge in [0.15, 0.2) is 0 Å². The Morgan fingerprint density at radius 3 is 2.48 bits per heavy atom. The Kier molecular flexibility index (Phi) is 4.68. The van der Waals surface area contributed by atoms with Crippen LogP contribution in [0.3, 0.4) is 0 Å². The Hall–Kier alpha value is -2.67. The van der Waals surface area contributed by atoms with Crippen molar-refractivity contribution in [3.05, 3.63) is 71.0 Å². The third kappa shape index (κ3) is 3.90. The van der Waals surface area contributed by atoms with Gasteiger partial charge in [0.1, 0.15) is 5.82 Å². The van der Waals surface area contributed by atoms with Crippen LogP contribution in [-0.4, -0.2) is 17.9 Å². The van der Waals surface area contributed by atoms with Crippen LogP contribution in [-0.2, 0) is 17.8 Å². The van der Waals surface area contributed by atoms with E-state index in [0.717, 1.165) is 5.56 Å². The van der Waals surface area contributed by atoms with E-state index in [2.05, 4.69) is 0 Å². The minimum Gasteiger partial charge on any atom is -0.341 e. The monoisotopic (exact) mass is 282 g/mol. The molecule has 0 fully saturated rings. The highest BCUT2D eigenvalue weighted by molar-refractivity contribution is 5.78. The maximum absolute atomic E-state index is 13.5. The molecule has 0 aliphatic rings. The summed E-state index contributed by atoms with van der Waals surface area (Å²) in [6.07, 6.45) is 0.0411. The number of carbonyl (C=O) groups is 1. The Labute approximate surface area is 123 Å². The summed E-state index contributed by atoms with van der Waals surface area (Å²) >= 11 is 0. The van der Waals surface area contributed by atoms with Crippen LogP contribution < -0.4 is 0 Å². The van der Waals surface area contributed by atoms with Crippen LogP contribution in [0.5, 0.6) is 0 Å². The van der Waals surface area contributed by atoms with E-state index in [4.69, 9.17) is 5.26 Å². The predicted octanol–water partition coefficient (Wildman–Crippen LogP) is 2.90. The number of halogens is 1. The molecule has 4 heteroatoms. The van der Waals surface area contributed by atoms with Gasteiger partial charge in [0, 0.05) is 13.6 Å². The molecule has 2 rings (SSSR count). The third-order valence-electron chi connectivity index (χ3n) is 3.23. The van der Waals surface area contributed by atoms with Gasteiger partial charge in [-0.15, -0.1) is 0 Å². The molecule has 1 amide bonds. The van der Waals surface area contributed by atoms with Crippen LogP contribution >= 0.6 is 0 Å². The van der Waals surface area contributed by atoms with Crippen molar-refractivity contribution in [3.63, 3.8) is 0 Å². The smallest absolute Gasteiger partial charge is 0.227 e. The topological polar surface area (TPSA) is 44.1 Å². The summed E-state index contributed by atoms with van der Waals surface area (Å²) in [6, 6.07) is 15.4. The van der Waals surface area contributed by atoms with Crippen LogP contribution in [0, 0.1) is 17.1 Å². The first kappa shape index (κ1) is 14.7. The second-order valence-corrected chi connectivity index (χ2v) is 4.83. The second kappa shape index (κ2) is 6.67. The maximum Gasteiger partial charge on any atom is 0.227 e. The van der Waals surface area contributed by atoms with Crippen LogP contribution in [0.25, 0.3) is 0 Å². The van der Waals surface area contributed by atoms with E-state index in [0.29, 0.717) is 17.7 Å². The second-order valence-electron chi connectivity index (χ2n) is 4.83. The quantitative estimate of drug-likeness (QED) is 0.865. The Balaban J connectivity index is 1.99. The molecule has 0 aliphatic carbocycles. The minimum atomic E-state index is -0.363. The van der Waals surface area contributed by atoms with Crippen LogP contribution in [0.2, 0.25) is 0 Å². The van der Waals surface area contributed by atoms with Gasteiger partial charge >= 0.3 is 0 Å². The largest absolute Gasteiger partial charge is 0.341 e. The van der Waals surface area contributed by atoms with Crippen LogP contribution in [0.15, 0.2) is 48.5 Å². The molecule has 0 unspecified atom stereocenters. The fourth-order valence-electron chi connectivity index (χ4n) is 1.99. The first-order valence-corrected chi connectivity index (χ1v) is 6.56. The van der Waals surface area contributed by atoms with Crippen molar-refractivity contribution < 1.29 is 9.18 Å². The maximum atomic E-state index is 13.5. The number of nitriles is 1. The van der Waals surface area contributed by atoms with Gasteiger partial charge in [0.25, 0.3) is 0 Å². The molecule has 0 saturated heterocycles. The normalized spacial score (nSPS) is 9.95. The third-order valence-corrected chi connectivity index (χ3v) is 3.23. The number of carbonyl (C=O) groups excluding carboxylic acids is 1. The van der Waals surface area contributed by atoms with E-state index in [-0.39, 0.29) is 18.1 Å². The summed E-state index contributed by atoms with van der Waals surface area (Å²) in [6.45, 7) is 0.430. The highest BCUT2D eigenvalue weighted by Gasteiger charge is 2.12. The summed E-state index contributed by atoms with van der Waals surface area (Å²) < 4.78 is 13.5. The fourth-order valence-corrected chi connectivity index (χ4v) is 1.99.